The van der Waals surface area contributed by atoms with Crippen LogP contribution >= 0.6 is 0 Å². The molecule has 0 saturated heterocycles. The number of carbonyl (C=O) groups is 1. The highest BCUT2D eigenvalue weighted by Gasteiger charge is 2.43. The molecule has 1 saturated carbocycles. The molecule has 0 spiro atoms. The van der Waals surface area contributed by atoms with Gasteiger partial charge in [-0.2, -0.15) is 5.10 Å². The average Bonchev–Trinajstić information content (AvgIpc) is 3.30. The highest BCUT2D eigenvalue weighted by Crippen LogP contribution is 2.44. The molecule has 2 aliphatic rings. The second-order valence-electron chi connectivity index (χ2n) is 9.38. The largest absolute Gasteiger partial charge is 0.274 e. The molecular weight excluding hydrogens is 470 g/mol. The lowest BCUT2D eigenvalue weighted by atomic mass is 9.77. The number of allylic oxidation sites excluding steroid dienone is 1. The number of rotatable bonds is 5. The summed E-state index contributed by atoms with van der Waals surface area (Å²) in [6, 6.07) is 26.1. The van der Waals surface area contributed by atoms with Gasteiger partial charge in [0.2, 0.25) is 10.0 Å². The van der Waals surface area contributed by atoms with Gasteiger partial charge in [-0.05, 0) is 66.3 Å². The van der Waals surface area contributed by atoms with Gasteiger partial charge in [-0.25, -0.2) is 17.7 Å². The van der Waals surface area contributed by atoms with Crippen molar-refractivity contribution in [3.8, 4) is 0 Å². The summed E-state index contributed by atoms with van der Waals surface area (Å²) in [5, 5.41) is 6.53. The third kappa shape index (κ3) is 4.52. The Morgan fingerprint density at radius 3 is 2.22 bits per heavy atom. The Bertz CT molecular complexity index is 1410. The van der Waals surface area contributed by atoms with Gasteiger partial charge < -0.3 is 0 Å². The normalized spacial score (nSPS) is 20.9. The van der Waals surface area contributed by atoms with E-state index in [1.165, 1.54) is 31.8 Å². The van der Waals surface area contributed by atoms with Crippen LogP contribution in [0.25, 0.3) is 6.08 Å². The van der Waals surface area contributed by atoms with Crippen LogP contribution in [0.2, 0.25) is 0 Å². The number of sulfonamides is 1. The lowest BCUT2D eigenvalue weighted by Gasteiger charge is -2.29. The van der Waals surface area contributed by atoms with Crippen LogP contribution in [0.1, 0.15) is 46.8 Å². The summed E-state index contributed by atoms with van der Waals surface area (Å²) in [6.07, 6.45) is 5.09. The van der Waals surface area contributed by atoms with Crippen molar-refractivity contribution in [3.63, 3.8) is 0 Å². The molecular formula is C29H29N3O3S. The molecule has 2 atom stereocenters. The fraction of sp³-hybridized carbons (Fsp3) is 0.241. The fourth-order valence-corrected chi connectivity index (χ4v) is 5.92. The first-order chi connectivity index (χ1) is 17.4. The van der Waals surface area contributed by atoms with Crippen LogP contribution in [0, 0.1) is 5.92 Å². The summed E-state index contributed by atoms with van der Waals surface area (Å²) in [4.78, 5) is 13.9. The van der Waals surface area contributed by atoms with Gasteiger partial charge in [0.15, 0.2) is 0 Å². The van der Waals surface area contributed by atoms with Crippen molar-refractivity contribution in [2.24, 2.45) is 11.0 Å². The van der Waals surface area contributed by atoms with Crippen LogP contribution in [0.15, 0.2) is 100 Å². The van der Waals surface area contributed by atoms with Gasteiger partial charge in [0.1, 0.15) is 0 Å². The molecule has 36 heavy (non-hydrogen) atoms. The summed E-state index contributed by atoms with van der Waals surface area (Å²) in [5.41, 5.74) is 4.71. The summed E-state index contributed by atoms with van der Waals surface area (Å²) >= 11 is 0. The maximum atomic E-state index is 13.8. The maximum absolute atomic E-state index is 13.8. The second kappa shape index (κ2) is 9.84. The van der Waals surface area contributed by atoms with E-state index in [2.05, 4.69) is 18.2 Å². The maximum Gasteiger partial charge on any atom is 0.274 e. The van der Waals surface area contributed by atoms with Crippen LogP contribution in [-0.2, 0) is 10.0 Å². The molecule has 6 nitrogen and oxygen atoms in total. The number of hydrogen-bond acceptors (Lipinski definition) is 4. The van der Waals surface area contributed by atoms with E-state index in [4.69, 9.17) is 5.10 Å². The lowest BCUT2D eigenvalue weighted by molar-refractivity contribution is 0.0680. The Kier molecular flexibility index (Phi) is 6.60. The number of hydrogen-bond donors (Lipinski definition) is 0. The van der Waals surface area contributed by atoms with Crippen molar-refractivity contribution >= 4 is 27.7 Å². The van der Waals surface area contributed by atoms with Gasteiger partial charge in [-0.15, -0.1) is 0 Å². The minimum Gasteiger partial charge on any atom is -0.267 e. The smallest absolute Gasteiger partial charge is 0.267 e. The highest BCUT2D eigenvalue weighted by atomic mass is 32.2. The van der Waals surface area contributed by atoms with Gasteiger partial charge in [-0.1, -0.05) is 60.7 Å². The number of hydrazone groups is 1. The van der Waals surface area contributed by atoms with Gasteiger partial charge in [0.25, 0.3) is 5.91 Å². The number of fused-ring (bicyclic) bond motifs is 1. The number of carbonyl (C=O) groups excluding carboxylic acids is 1. The Morgan fingerprint density at radius 1 is 0.944 bits per heavy atom. The van der Waals surface area contributed by atoms with Crippen LogP contribution in [0.5, 0.6) is 0 Å². The predicted molar refractivity (Wildman–Crippen MR) is 142 cm³/mol. The molecule has 7 heteroatoms. The van der Waals surface area contributed by atoms with E-state index in [9.17, 15) is 13.2 Å². The van der Waals surface area contributed by atoms with E-state index in [1.54, 1.807) is 17.1 Å². The molecule has 1 aliphatic carbocycles. The van der Waals surface area contributed by atoms with E-state index in [1.807, 2.05) is 48.5 Å². The molecule has 3 aromatic rings. The van der Waals surface area contributed by atoms with Crippen molar-refractivity contribution in [2.45, 2.75) is 30.2 Å². The fourth-order valence-electron chi connectivity index (χ4n) is 5.01. The number of nitrogens with zero attached hydrogens (tertiary/aromatic N) is 3. The van der Waals surface area contributed by atoms with E-state index in [0.717, 1.165) is 40.4 Å². The zero-order valence-corrected chi connectivity index (χ0v) is 21.2. The second-order valence-corrected chi connectivity index (χ2v) is 11.5. The number of benzene rings is 3. The van der Waals surface area contributed by atoms with Crippen molar-refractivity contribution in [2.75, 3.05) is 14.1 Å². The minimum atomic E-state index is -3.57. The monoisotopic (exact) mass is 499 g/mol. The standard InChI is InChI=1S/C29H29N3O3S/c1-31(2)36(34,35)25-18-16-23(17-19-25)29(33)32-28(22-12-7-4-8-13-22)26-15-9-14-24(27(26)30-32)20-21-10-5-3-6-11-21/h3-8,10-13,16-20,26,28H,9,14-15H2,1-2H3. The topological polar surface area (TPSA) is 70.1 Å². The molecule has 1 fully saturated rings. The summed E-state index contributed by atoms with van der Waals surface area (Å²) in [6.45, 7) is 0. The van der Waals surface area contributed by atoms with Gasteiger partial charge in [-0.3, -0.25) is 4.79 Å². The summed E-state index contributed by atoms with van der Waals surface area (Å²) in [5.74, 6) is -0.132. The molecule has 0 radical (unpaired) electrons. The predicted octanol–water partition coefficient (Wildman–Crippen LogP) is 5.37. The zero-order chi connectivity index (χ0) is 25.3. The Hall–Kier alpha value is -3.55. The average molecular weight is 500 g/mol. The first-order valence-electron chi connectivity index (χ1n) is 12.1. The number of amides is 1. The first-order valence-corrected chi connectivity index (χ1v) is 13.6. The van der Waals surface area contributed by atoms with Crippen molar-refractivity contribution in [1.29, 1.82) is 0 Å². The quantitative estimate of drug-likeness (QED) is 0.474. The van der Waals surface area contributed by atoms with E-state index in [0.29, 0.717) is 5.56 Å². The molecule has 5 rings (SSSR count). The van der Waals surface area contributed by atoms with Crippen molar-refractivity contribution < 1.29 is 13.2 Å². The summed E-state index contributed by atoms with van der Waals surface area (Å²) in [7, 11) is -0.598. The molecule has 0 bridgehead atoms. The summed E-state index contributed by atoms with van der Waals surface area (Å²) < 4.78 is 26.1. The SMILES string of the molecule is CN(C)S(=O)(=O)c1ccc(C(=O)N2N=C3C(=Cc4ccccc4)CCCC3C2c2ccccc2)cc1. The zero-order valence-electron chi connectivity index (χ0n) is 20.4. The van der Waals surface area contributed by atoms with Crippen molar-refractivity contribution in [3.05, 3.63) is 107 Å². The first kappa shape index (κ1) is 24.2. The molecule has 184 valence electrons. The highest BCUT2D eigenvalue weighted by molar-refractivity contribution is 7.89. The van der Waals surface area contributed by atoms with Crippen LogP contribution in [0.3, 0.4) is 0 Å². The molecule has 0 aromatic heterocycles. The molecule has 1 amide bonds. The Labute approximate surface area is 212 Å². The Balaban J connectivity index is 1.54. The van der Waals surface area contributed by atoms with E-state index < -0.39 is 10.0 Å². The van der Waals surface area contributed by atoms with Crippen molar-refractivity contribution in [1.82, 2.24) is 9.31 Å². The van der Waals surface area contributed by atoms with Gasteiger partial charge in [0, 0.05) is 25.6 Å². The minimum absolute atomic E-state index is 0.105. The van der Waals surface area contributed by atoms with Crippen LogP contribution in [0.4, 0.5) is 0 Å². The molecule has 3 aromatic carbocycles. The Morgan fingerprint density at radius 2 is 1.58 bits per heavy atom. The van der Waals surface area contributed by atoms with Crippen LogP contribution < -0.4 is 0 Å². The van der Waals surface area contributed by atoms with Crippen LogP contribution in [-0.4, -0.2) is 43.4 Å². The lowest BCUT2D eigenvalue weighted by Crippen LogP contribution is -2.32. The molecule has 2 unspecified atom stereocenters. The third-order valence-corrected chi connectivity index (χ3v) is 8.70. The molecule has 0 N–H and O–H groups in total. The molecule has 1 heterocycles. The van der Waals surface area contributed by atoms with E-state index >= 15 is 0 Å². The van der Waals surface area contributed by atoms with Gasteiger partial charge >= 0.3 is 0 Å². The third-order valence-electron chi connectivity index (χ3n) is 6.87. The van der Waals surface area contributed by atoms with Gasteiger partial charge in [0.05, 0.1) is 16.6 Å². The van der Waals surface area contributed by atoms with E-state index in [-0.39, 0.29) is 22.8 Å². The molecule has 1 aliphatic heterocycles.